The molecule has 0 saturated heterocycles. The van der Waals surface area contributed by atoms with Gasteiger partial charge in [-0.25, -0.2) is 9.59 Å². The van der Waals surface area contributed by atoms with Gasteiger partial charge in [0, 0.05) is 6.42 Å². The monoisotopic (exact) mass is 263 g/mol. The van der Waals surface area contributed by atoms with E-state index in [-0.39, 0.29) is 6.42 Å². The number of aliphatic carboxylic acids is 2. The first-order valence-corrected chi connectivity index (χ1v) is 5.41. The summed E-state index contributed by atoms with van der Waals surface area (Å²) in [6, 6.07) is 7.50. The average molecular weight is 263 g/mol. The molecule has 1 atom stereocenters. The van der Waals surface area contributed by atoms with Gasteiger partial charge in [0.25, 0.3) is 5.91 Å². The van der Waals surface area contributed by atoms with Gasteiger partial charge in [0.15, 0.2) is 0 Å². The molecule has 1 rings (SSSR count). The Balaban J connectivity index is 2.74. The van der Waals surface area contributed by atoms with Crippen LogP contribution in [-0.2, 0) is 20.8 Å². The van der Waals surface area contributed by atoms with E-state index in [1.54, 1.807) is 30.3 Å². The zero-order valence-electron chi connectivity index (χ0n) is 10.00. The fourth-order valence-corrected chi connectivity index (χ4v) is 1.39. The smallest absolute Gasteiger partial charge is 0.340 e. The number of hydrogen-bond donors (Lipinski definition) is 3. The van der Waals surface area contributed by atoms with Crippen molar-refractivity contribution in [3.8, 4) is 0 Å². The molecule has 0 aliphatic heterocycles. The van der Waals surface area contributed by atoms with Crippen LogP contribution < -0.4 is 5.32 Å². The number of amides is 1. The lowest BCUT2D eigenvalue weighted by atomic mass is 10.1. The van der Waals surface area contributed by atoms with Crippen molar-refractivity contribution in [2.75, 3.05) is 0 Å². The van der Waals surface area contributed by atoms with E-state index in [1.807, 2.05) is 0 Å². The predicted molar refractivity (Wildman–Crippen MR) is 66.5 cm³/mol. The summed E-state index contributed by atoms with van der Waals surface area (Å²) in [4.78, 5) is 33.0. The third kappa shape index (κ3) is 4.27. The van der Waals surface area contributed by atoms with E-state index >= 15 is 0 Å². The maximum atomic E-state index is 11.4. The van der Waals surface area contributed by atoms with Crippen LogP contribution in [0.2, 0.25) is 0 Å². The number of carboxylic acid groups (broad SMARTS) is 2. The van der Waals surface area contributed by atoms with Gasteiger partial charge < -0.3 is 15.5 Å². The molecule has 100 valence electrons. The SMILES string of the molecule is C=C(C(=O)O)C(=O)NC(Cc1ccccc1)C(=O)O. The predicted octanol–water partition coefficient (Wildman–Crippen LogP) is 0.439. The summed E-state index contributed by atoms with van der Waals surface area (Å²) in [6.07, 6.45) is 0.0643. The van der Waals surface area contributed by atoms with Crippen molar-refractivity contribution < 1.29 is 24.6 Å². The lowest BCUT2D eigenvalue weighted by molar-refractivity contribution is -0.142. The Morgan fingerprint density at radius 3 is 2.21 bits per heavy atom. The van der Waals surface area contributed by atoms with Crippen LogP contribution in [0.1, 0.15) is 5.56 Å². The van der Waals surface area contributed by atoms with Gasteiger partial charge in [-0.05, 0) is 5.56 Å². The highest BCUT2D eigenvalue weighted by Gasteiger charge is 2.23. The molecule has 1 aromatic rings. The van der Waals surface area contributed by atoms with E-state index in [4.69, 9.17) is 10.2 Å². The fraction of sp³-hybridized carbons (Fsp3) is 0.154. The van der Waals surface area contributed by atoms with Crippen molar-refractivity contribution >= 4 is 17.8 Å². The van der Waals surface area contributed by atoms with Crippen molar-refractivity contribution in [3.63, 3.8) is 0 Å². The number of carbonyl (C=O) groups is 3. The van der Waals surface area contributed by atoms with Crippen LogP contribution >= 0.6 is 0 Å². The second kappa shape index (κ2) is 6.34. The Morgan fingerprint density at radius 2 is 1.74 bits per heavy atom. The summed E-state index contributed by atoms with van der Waals surface area (Å²) in [6.45, 7) is 3.07. The molecule has 6 heteroatoms. The number of nitrogens with one attached hydrogen (secondary N) is 1. The molecule has 0 aliphatic carbocycles. The Bertz CT molecular complexity index is 509. The normalized spacial score (nSPS) is 11.4. The number of rotatable bonds is 6. The first kappa shape index (κ1) is 14.4. The standard InChI is InChI=1S/C13H13NO5/c1-8(12(16)17)11(15)14-10(13(18)19)7-9-5-3-2-4-6-9/h2-6,10H,1,7H2,(H,14,15)(H,16,17)(H,18,19). The molecule has 1 aromatic carbocycles. The van der Waals surface area contributed by atoms with E-state index in [0.717, 1.165) is 5.56 Å². The first-order valence-electron chi connectivity index (χ1n) is 5.41. The van der Waals surface area contributed by atoms with Gasteiger partial charge in [-0.15, -0.1) is 0 Å². The number of carbonyl (C=O) groups excluding carboxylic acids is 1. The quantitative estimate of drug-likeness (QED) is 0.392. The lowest BCUT2D eigenvalue weighted by Gasteiger charge is -2.14. The molecule has 6 nitrogen and oxygen atoms in total. The first-order chi connectivity index (χ1) is 8.91. The number of carboxylic acids is 2. The molecule has 0 aliphatic rings. The minimum Gasteiger partial charge on any atom is -0.480 e. The van der Waals surface area contributed by atoms with Crippen LogP contribution in [0.5, 0.6) is 0 Å². The molecule has 1 amide bonds. The van der Waals surface area contributed by atoms with E-state index in [1.165, 1.54) is 0 Å². The van der Waals surface area contributed by atoms with Gasteiger partial charge in [-0.1, -0.05) is 36.9 Å². The van der Waals surface area contributed by atoms with Crippen molar-refractivity contribution in [1.82, 2.24) is 5.32 Å². The molecule has 3 N–H and O–H groups in total. The Labute approximate surface area is 109 Å². The van der Waals surface area contributed by atoms with Gasteiger partial charge in [0.1, 0.15) is 11.6 Å². The maximum absolute atomic E-state index is 11.4. The van der Waals surface area contributed by atoms with Gasteiger partial charge in [0.2, 0.25) is 0 Å². The third-order valence-corrected chi connectivity index (χ3v) is 2.42. The minimum atomic E-state index is -1.48. The highest BCUT2D eigenvalue weighted by atomic mass is 16.4. The highest BCUT2D eigenvalue weighted by Crippen LogP contribution is 2.04. The fourth-order valence-electron chi connectivity index (χ4n) is 1.39. The van der Waals surface area contributed by atoms with Gasteiger partial charge in [-0.2, -0.15) is 0 Å². The second-order valence-corrected chi connectivity index (χ2v) is 3.84. The van der Waals surface area contributed by atoms with Gasteiger partial charge >= 0.3 is 11.9 Å². The number of benzene rings is 1. The Hall–Kier alpha value is -2.63. The van der Waals surface area contributed by atoms with Crippen LogP contribution in [0.4, 0.5) is 0 Å². The second-order valence-electron chi connectivity index (χ2n) is 3.84. The summed E-state index contributed by atoms with van der Waals surface area (Å²) < 4.78 is 0. The van der Waals surface area contributed by atoms with Crippen LogP contribution in [0.25, 0.3) is 0 Å². The number of hydrogen-bond acceptors (Lipinski definition) is 3. The molecule has 0 bridgehead atoms. The summed E-state index contributed by atoms with van der Waals surface area (Å²) >= 11 is 0. The van der Waals surface area contributed by atoms with E-state index < -0.39 is 29.5 Å². The van der Waals surface area contributed by atoms with Gasteiger partial charge in [0.05, 0.1) is 0 Å². The largest absolute Gasteiger partial charge is 0.480 e. The van der Waals surface area contributed by atoms with E-state index in [0.29, 0.717) is 0 Å². The summed E-state index contributed by atoms with van der Waals surface area (Å²) in [5.74, 6) is -3.73. The van der Waals surface area contributed by atoms with Crippen LogP contribution in [-0.4, -0.2) is 34.1 Å². The summed E-state index contributed by atoms with van der Waals surface area (Å²) in [5.41, 5.74) is 0.0236. The van der Waals surface area contributed by atoms with E-state index in [9.17, 15) is 14.4 Å². The molecule has 19 heavy (non-hydrogen) atoms. The topological polar surface area (TPSA) is 104 Å². The molecule has 0 spiro atoms. The van der Waals surface area contributed by atoms with Crippen molar-refractivity contribution in [1.29, 1.82) is 0 Å². The lowest BCUT2D eigenvalue weighted by Crippen LogP contribution is -2.43. The zero-order chi connectivity index (χ0) is 14.4. The molecule has 0 heterocycles. The molecule has 0 fully saturated rings. The molecule has 1 unspecified atom stereocenters. The van der Waals surface area contributed by atoms with Crippen LogP contribution in [0.3, 0.4) is 0 Å². The highest BCUT2D eigenvalue weighted by molar-refractivity contribution is 6.15. The maximum Gasteiger partial charge on any atom is 0.340 e. The zero-order valence-corrected chi connectivity index (χ0v) is 10.00. The van der Waals surface area contributed by atoms with Gasteiger partial charge in [-0.3, -0.25) is 4.79 Å². The average Bonchev–Trinajstić information content (AvgIpc) is 2.37. The Morgan fingerprint density at radius 1 is 1.16 bits per heavy atom. The molecule has 0 aromatic heterocycles. The van der Waals surface area contributed by atoms with Crippen molar-refractivity contribution in [2.45, 2.75) is 12.5 Å². The molecule has 0 saturated carbocycles. The van der Waals surface area contributed by atoms with Crippen molar-refractivity contribution in [2.24, 2.45) is 0 Å². The summed E-state index contributed by atoms with van der Waals surface area (Å²) in [7, 11) is 0. The molecular weight excluding hydrogens is 250 g/mol. The Kier molecular flexibility index (Phi) is 4.82. The van der Waals surface area contributed by atoms with Crippen molar-refractivity contribution in [3.05, 3.63) is 48.0 Å². The van der Waals surface area contributed by atoms with Crippen LogP contribution in [0.15, 0.2) is 42.5 Å². The summed E-state index contributed by atoms with van der Waals surface area (Å²) in [5, 5.41) is 19.7. The molecular formula is C13H13NO5. The van der Waals surface area contributed by atoms with Crippen LogP contribution in [0, 0.1) is 0 Å². The molecule has 0 radical (unpaired) electrons. The minimum absolute atomic E-state index is 0.0643. The van der Waals surface area contributed by atoms with E-state index in [2.05, 4.69) is 11.9 Å². The third-order valence-electron chi connectivity index (χ3n) is 2.42.